The van der Waals surface area contributed by atoms with Crippen LogP contribution in [0.2, 0.25) is 10.0 Å². The highest BCUT2D eigenvalue weighted by molar-refractivity contribution is 6.43. The lowest BCUT2D eigenvalue weighted by Gasteiger charge is -2.38. The molecule has 2 heterocycles. The molecule has 2 aromatic carbocycles. The molecule has 1 aliphatic carbocycles. The fourth-order valence-corrected chi connectivity index (χ4v) is 6.55. The number of carbonyl (C=O) groups excluding carboxylic acids is 2. The van der Waals surface area contributed by atoms with E-state index in [2.05, 4.69) is 37.4 Å². The van der Waals surface area contributed by atoms with E-state index in [0.717, 1.165) is 31.6 Å². The van der Waals surface area contributed by atoms with Crippen molar-refractivity contribution in [1.29, 1.82) is 0 Å². The van der Waals surface area contributed by atoms with E-state index in [0.29, 0.717) is 22.7 Å². The van der Waals surface area contributed by atoms with Crippen LogP contribution in [-0.4, -0.2) is 84.0 Å². The van der Waals surface area contributed by atoms with Gasteiger partial charge in [-0.3, -0.25) is 10.1 Å². The Kier molecular flexibility index (Phi) is 11.6. The van der Waals surface area contributed by atoms with Crippen molar-refractivity contribution in [2.45, 2.75) is 70.7 Å². The first-order chi connectivity index (χ1) is 24.2. The van der Waals surface area contributed by atoms with Gasteiger partial charge in [0.2, 0.25) is 0 Å². The fourth-order valence-electron chi connectivity index (χ4n) is 5.88. The number of imide groups is 1. The number of urea groups is 1. The van der Waals surface area contributed by atoms with Crippen LogP contribution in [-0.2, 0) is 11.3 Å². The van der Waals surface area contributed by atoms with Gasteiger partial charge in [-0.2, -0.15) is 4.90 Å². The number of ether oxygens (including phenoxy) is 3. The minimum absolute atomic E-state index is 0.101. The number of methoxy groups -OCH3 is 2. The molecule has 1 saturated carbocycles. The third kappa shape index (κ3) is 9.01. The first-order valence-electron chi connectivity index (χ1n) is 16.4. The number of nitro benzene ring substituents is 1. The average molecular weight is 746 g/mol. The second-order valence-corrected chi connectivity index (χ2v) is 14.1. The zero-order valence-corrected chi connectivity index (χ0v) is 30.9. The van der Waals surface area contributed by atoms with Crippen molar-refractivity contribution >= 4 is 63.9 Å². The number of nitrogens with zero attached hydrogens (tertiary/aromatic N) is 6. The van der Waals surface area contributed by atoms with Gasteiger partial charge in [-0.05, 0) is 65.6 Å². The third-order valence-corrected chi connectivity index (χ3v) is 9.40. The smallest absolute Gasteiger partial charge is 0.423 e. The molecule has 2 N–H and O–H groups in total. The Balaban J connectivity index is 1.31. The lowest BCUT2D eigenvalue weighted by Crippen LogP contribution is -2.46. The lowest BCUT2D eigenvalue weighted by molar-refractivity contribution is -0.383. The summed E-state index contributed by atoms with van der Waals surface area (Å²) in [5, 5.41) is 17.5. The number of nitro groups is 1. The summed E-state index contributed by atoms with van der Waals surface area (Å²) in [7, 11) is 4.91. The zero-order valence-electron chi connectivity index (χ0n) is 29.4. The van der Waals surface area contributed by atoms with Crippen LogP contribution >= 0.6 is 23.2 Å². The Morgan fingerprint density at radius 1 is 1.00 bits per heavy atom. The van der Waals surface area contributed by atoms with Crippen LogP contribution in [0.3, 0.4) is 0 Å². The molecule has 5 rings (SSSR count). The highest BCUT2D eigenvalue weighted by Gasteiger charge is 2.35. The van der Waals surface area contributed by atoms with E-state index in [1.165, 1.54) is 45.5 Å². The molecule has 0 atom stereocenters. The standard InChI is InChI=1S/C34H42Cl2N8O7/c1-34(2,3)51-33(46)43(31-29(35)26(49-5)17-27(50-6)30(31)36)32(45)37-18-20-15-28(39-19-38-20)40-24-10-9-23(16-25(24)44(47)48)42-13-11-22(12-14-42)41(4)21-7-8-21/h9-10,15-17,19,21-22H,7-8,11-14,18H2,1-6H3,(H,37,45)(H,38,39,40). The number of amides is 3. The number of halogens is 2. The molecule has 3 aromatic rings. The molecule has 1 aliphatic heterocycles. The van der Waals surface area contributed by atoms with E-state index < -0.39 is 22.6 Å². The van der Waals surface area contributed by atoms with Gasteiger partial charge in [-0.15, -0.1) is 0 Å². The summed E-state index contributed by atoms with van der Waals surface area (Å²) in [5.74, 6) is 0.454. The number of rotatable bonds is 11. The van der Waals surface area contributed by atoms with Gasteiger partial charge in [0, 0.05) is 49.1 Å². The summed E-state index contributed by atoms with van der Waals surface area (Å²) in [5.41, 5.74) is 0.0615. The molecule has 51 heavy (non-hydrogen) atoms. The Bertz CT molecular complexity index is 1750. The Morgan fingerprint density at radius 3 is 2.20 bits per heavy atom. The third-order valence-electron chi connectivity index (χ3n) is 8.67. The summed E-state index contributed by atoms with van der Waals surface area (Å²) in [6.45, 7) is 6.38. The summed E-state index contributed by atoms with van der Waals surface area (Å²) in [4.78, 5) is 52.5. The Labute approximate surface area is 306 Å². The quantitative estimate of drug-likeness (QED) is 0.151. The SMILES string of the molecule is COc1cc(OC)c(Cl)c(N(C(=O)NCc2cc(Nc3ccc(N4CCC(N(C)C5CC5)CC4)cc3[N+](=O)[O-])ncn2)C(=O)OC(C)(C)C)c1Cl. The van der Waals surface area contributed by atoms with Crippen molar-refractivity contribution < 1.29 is 28.7 Å². The Morgan fingerprint density at radius 2 is 1.63 bits per heavy atom. The minimum atomic E-state index is -1.06. The van der Waals surface area contributed by atoms with Crippen molar-refractivity contribution in [1.82, 2.24) is 20.2 Å². The normalized spacial score (nSPS) is 15.0. The van der Waals surface area contributed by atoms with E-state index in [-0.39, 0.29) is 51.0 Å². The van der Waals surface area contributed by atoms with Gasteiger partial charge < -0.3 is 34.6 Å². The number of hydrogen-bond donors (Lipinski definition) is 2. The molecule has 0 radical (unpaired) electrons. The average Bonchev–Trinajstić information content (AvgIpc) is 3.94. The topological polar surface area (TPSA) is 165 Å². The number of carbonyl (C=O) groups is 2. The summed E-state index contributed by atoms with van der Waals surface area (Å²) in [6.07, 6.45) is 4.72. The van der Waals surface area contributed by atoms with Gasteiger partial charge in [0.1, 0.15) is 50.7 Å². The number of hydrogen-bond acceptors (Lipinski definition) is 12. The highest BCUT2D eigenvalue weighted by Crippen LogP contribution is 2.46. The summed E-state index contributed by atoms with van der Waals surface area (Å²) < 4.78 is 16.1. The molecule has 2 fully saturated rings. The minimum Gasteiger partial charge on any atom is -0.495 e. The molecule has 0 spiro atoms. The second-order valence-electron chi connectivity index (χ2n) is 13.3. The molecule has 1 saturated heterocycles. The van der Waals surface area contributed by atoms with E-state index in [1.807, 2.05) is 6.07 Å². The van der Waals surface area contributed by atoms with Crippen LogP contribution in [0.5, 0.6) is 11.5 Å². The number of benzene rings is 2. The zero-order chi connectivity index (χ0) is 37.0. The molecular weight excluding hydrogens is 703 g/mol. The molecule has 0 bridgehead atoms. The maximum Gasteiger partial charge on any atom is 0.423 e. The van der Waals surface area contributed by atoms with Crippen LogP contribution in [0.4, 0.5) is 38.2 Å². The van der Waals surface area contributed by atoms with Gasteiger partial charge >= 0.3 is 12.1 Å². The number of aromatic nitrogens is 2. The van der Waals surface area contributed by atoms with Crippen LogP contribution in [0.15, 0.2) is 36.7 Å². The van der Waals surface area contributed by atoms with Gasteiger partial charge in [-0.1, -0.05) is 23.2 Å². The van der Waals surface area contributed by atoms with Gasteiger partial charge in [0.05, 0.1) is 31.4 Å². The number of anilines is 4. The van der Waals surface area contributed by atoms with Crippen molar-refractivity contribution in [3.8, 4) is 11.5 Å². The molecular formula is C34H42Cl2N8O7. The predicted octanol–water partition coefficient (Wildman–Crippen LogP) is 7.17. The molecule has 2 aliphatic rings. The number of piperidine rings is 1. The van der Waals surface area contributed by atoms with E-state index in [4.69, 9.17) is 37.4 Å². The van der Waals surface area contributed by atoms with E-state index in [1.54, 1.807) is 32.9 Å². The van der Waals surface area contributed by atoms with Crippen molar-refractivity contribution in [3.05, 3.63) is 62.5 Å². The van der Waals surface area contributed by atoms with Crippen molar-refractivity contribution in [2.24, 2.45) is 0 Å². The maximum absolute atomic E-state index is 13.7. The first-order valence-corrected chi connectivity index (χ1v) is 17.2. The van der Waals surface area contributed by atoms with Crippen LogP contribution in [0.1, 0.15) is 52.1 Å². The van der Waals surface area contributed by atoms with Crippen LogP contribution < -0.4 is 29.9 Å². The van der Waals surface area contributed by atoms with Crippen LogP contribution in [0.25, 0.3) is 0 Å². The first kappa shape index (κ1) is 37.7. The van der Waals surface area contributed by atoms with Crippen molar-refractivity contribution in [2.75, 3.05) is 49.5 Å². The monoisotopic (exact) mass is 744 g/mol. The van der Waals surface area contributed by atoms with Crippen molar-refractivity contribution in [3.63, 3.8) is 0 Å². The van der Waals surface area contributed by atoms with E-state index in [9.17, 15) is 19.7 Å². The highest BCUT2D eigenvalue weighted by atomic mass is 35.5. The summed E-state index contributed by atoms with van der Waals surface area (Å²) in [6, 6.07) is 8.32. The van der Waals surface area contributed by atoms with Gasteiger partial charge in [0.15, 0.2) is 0 Å². The van der Waals surface area contributed by atoms with Gasteiger partial charge in [-0.25, -0.2) is 19.6 Å². The summed E-state index contributed by atoms with van der Waals surface area (Å²) >= 11 is 13.1. The molecule has 0 unspecified atom stereocenters. The second kappa shape index (κ2) is 15.7. The molecule has 17 heteroatoms. The van der Waals surface area contributed by atoms with Crippen LogP contribution in [0, 0.1) is 10.1 Å². The molecule has 15 nitrogen and oxygen atoms in total. The van der Waals surface area contributed by atoms with E-state index >= 15 is 0 Å². The largest absolute Gasteiger partial charge is 0.495 e. The molecule has 1 aromatic heterocycles. The number of nitrogens with one attached hydrogen (secondary N) is 2. The Hall–Kier alpha value is -4.60. The fraction of sp³-hybridized carbons (Fsp3) is 0.471. The predicted molar refractivity (Wildman–Crippen MR) is 195 cm³/mol. The van der Waals surface area contributed by atoms with Gasteiger partial charge in [0.25, 0.3) is 5.69 Å². The molecule has 3 amide bonds. The maximum atomic E-state index is 13.7. The lowest BCUT2D eigenvalue weighted by atomic mass is 10.0. The molecule has 274 valence electrons.